The van der Waals surface area contributed by atoms with Crippen molar-refractivity contribution in [2.75, 3.05) is 38.1 Å². The van der Waals surface area contributed by atoms with Crippen molar-refractivity contribution in [2.45, 2.75) is 23.6 Å². The van der Waals surface area contributed by atoms with Crippen molar-refractivity contribution in [3.8, 4) is 0 Å². The van der Waals surface area contributed by atoms with Gasteiger partial charge in [0.25, 0.3) is 0 Å². The van der Waals surface area contributed by atoms with Gasteiger partial charge in [-0.05, 0) is 62.4 Å². The molecule has 4 rings (SSSR count). The molecule has 0 aliphatic carbocycles. The number of nitrogens with zero attached hydrogens (tertiary/aromatic N) is 3. The van der Waals surface area contributed by atoms with E-state index in [1.54, 1.807) is 18.2 Å². The molecule has 0 N–H and O–H groups in total. The minimum absolute atomic E-state index is 0.128. The maximum Gasteiger partial charge on any atom is 0.210 e. The maximum absolute atomic E-state index is 14.1. The number of likely N-dealkylation sites (N-methyl/N-ethyl adjacent to an activating group) is 1. The lowest BCUT2D eigenvalue weighted by Crippen LogP contribution is -2.45. The van der Waals surface area contributed by atoms with E-state index in [2.05, 4.69) is 9.88 Å². The van der Waals surface area contributed by atoms with E-state index in [1.807, 2.05) is 31.9 Å². The molecular formula is C22H24FN3O2S. The van der Waals surface area contributed by atoms with Crippen LogP contribution in [0.15, 0.2) is 52.4 Å². The molecule has 0 saturated carbocycles. The van der Waals surface area contributed by atoms with Crippen LogP contribution >= 0.6 is 0 Å². The molecule has 2 heterocycles. The Kier molecular flexibility index (Phi) is 5.04. The molecule has 0 atom stereocenters. The van der Waals surface area contributed by atoms with Crippen molar-refractivity contribution in [1.29, 1.82) is 0 Å². The lowest BCUT2D eigenvalue weighted by atomic mass is 10.1. The van der Waals surface area contributed by atoms with Crippen LogP contribution in [0.25, 0.3) is 10.9 Å². The molecule has 29 heavy (non-hydrogen) atoms. The van der Waals surface area contributed by atoms with E-state index in [9.17, 15) is 12.8 Å². The van der Waals surface area contributed by atoms with Gasteiger partial charge in [-0.1, -0.05) is 6.07 Å². The van der Waals surface area contributed by atoms with Gasteiger partial charge in [0.1, 0.15) is 10.7 Å². The average Bonchev–Trinajstić information content (AvgIpc) is 2.69. The number of rotatable bonds is 3. The van der Waals surface area contributed by atoms with Crippen molar-refractivity contribution < 1.29 is 12.8 Å². The van der Waals surface area contributed by atoms with Crippen LogP contribution in [0.3, 0.4) is 0 Å². The van der Waals surface area contributed by atoms with Crippen LogP contribution in [0.2, 0.25) is 0 Å². The highest BCUT2D eigenvalue weighted by Crippen LogP contribution is 2.36. The zero-order chi connectivity index (χ0) is 20.8. The SMILES string of the molecule is Cc1ccc(S(=O)(=O)c2cnc3ccc(F)cc3c2N2CCN(C)CC2)cc1C. The molecular weight excluding hydrogens is 389 g/mol. The standard InChI is InChI=1S/C22H24FN3O2S/c1-15-4-6-18(12-16(15)2)29(27,28)21-14-24-20-7-5-17(23)13-19(20)22(21)26-10-8-25(3)9-11-26/h4-7,12-14H,8-11H2,1-3H3. The molecule has 1 aliphatic rings. The highest BCUT2D eigenvalue weighted by molar-refractivity contribution is 7.91. The lowest BCUT2D eigenvalue weighted by molar-refractivity contribution is 0.312. The molecule has 0 radical (unpaired) electrons. The van der Waals surface area contributed by atoms with E-state index in [0.29, 0.717) is 29.7 Å². The quantitative estimate of drug-likeness (QED) is 0.657. The molecule has 0 bridgehead atoms. The zero-order valence-corrected chi connectivity index (χ0v) is 17.6. The number of pyridine rings is 1. The molecule has 0 spiro atoms. The van der Waals surface area contributed by atoms with Crippen LogP contribution in [0.4, 0.5) is 10.1 Å². The fourth-order valence-electron chi connectivity index (χ4n) is 3.69. The summed E-state index contributed by atoms with van der Waals surface area (Å²) in [4.78, 5) is 8.93. The monoisotopic (exact) mass is 413 g/mol. The summed E-state index contributed by atoms with van der Waals surface area (Å²) in [6.07, 6.45) is 1.42. The van der Waals surface area contributed by atoms with Crippen molar-refractivity contribution >= 4 is 26.4 Å². The first-order valence-electron chi connectivity index (χ1n) is 9.61. The normalized spacial score (nSPS) is 15.8. The fourth-order valence-corrected chi connectivity index (χ4v) is 5.21. The van der Waals surface area contributed by atoms with Crippen molar-refractivity contribution in [1.82, 2.24) is 9.88 Å². The summed E-state index contributed by atoms with van der Waals surface area (Å²) < 4.78 is 41.3. The molecule has 2 aromatic carbocycles. The van der Waals surface area contributed by atoms with E-state index in [1.165, 1.54) is 18.3 Å². The van der Waals surface area contributed by atoms with Gasteiger partial charge in [-0.3, -0.25) is 4.98 Å². The van der Waals surface area contributed by atoms with Crippen molar-refractivity contribution in [3.05, 3.63) is 59.5 Å². The molecule has 3 aromatic rings. The zero-order valence-electron chi connectivity index (χ0n) is 16.8. The number of sulfone groups is 1. The molecule has 5 nitrogen and oxygen atoms in total. The van der Waals surface area contributed by atoms with E-state index in [-0.39, 0.29) is 9.79 Å². The molecule has 0 amide bonds. The minimum Gasteiger partial charge on any atom is -0.367 e. The van der Waals surface area contributed by atoms with Gasteiger partial charge < -0.3 is 9.80 Å². The highest BCUT2D eigenvalue weighted by Gasteiger charge is 2.28. The number of fused-ring (bicyclic) bond motifs is 1. The van der Waals surface area contributed by atoms with Crippen molar-refractivity contribution in [2.24, 2.45) is 0 Å². The average molecular weight is 414 g/mol. The number of aryl methyl sites for hydroxylation is 2. The Bertz CT molecular complexity index is 1190. The first-order chi connectivity index (χ1) is 13.8. The Morgan fingerprint density at radius 1 is 0.966 bits per heavy atom. The number of hydrogen-bond acceptors (Lipinski definition) is 5. The van der Waals surface area contributed by atoms with Gasteiger partial charge in [-0.15, -0.1) is 0 Å². The third-order valence-corrected chi connectivity index (χ3v) is 7.42. The largest absolute Gasteiger partial charge is 0.367 e. The van der Waals surface area contributed by atoms with Gasteiger partial charge in [0.2, 0.25) is 9.84 Å². The van der Waals surface area contributed by atoms with E-state index >= 15 is 0 Å². The predicted octanol–water partition coefficient (Wildman–Crippen LogP) is 3.58. The van der Waals surface area contributed by atoms with Gasteiger partial charge in [-0.25, -0.2) is 12.8 Å². The highest BCUT2D eigenvalue weighted by atomic mass is 32.2. The molecule has 1 saturated heterocycles. The number of benzene rings is 2. The smallest absolute Gasteiger partial charge is 0.210 e. The van der Waals surface area contributed by atoms with Crippen LogP contribution < -0.4 is 4.90 Å². The molecule has 1 aliphatic heterocycles. The Balaban J connectivity index is 1.96. The number of anilines is 1. The summed E-state index contributed by atoms with van der Waals surface area (Å²) in [6.45, 7) is 6.79. The topological polar surface area (TPSA) is 53.5 Å². The van der Waals surface area contributed by atoms with Gasteiger partial charge in [0, 0.05) is 37.8 Å². The Labute approximate surface area is 170 Å². The number of halogens is 1. The summed E-state index contributed by atoms with van der Waals surface area (Å²) in [5.41, 5.74) is 3.06. The summed E-state index contributed by atoms with van der Waals surface area (Å²) in [5, 5.41) is 0.527. The van der Waals surface area contributed by atoms with E-state index in [4.69, 9.17) is 0 Å². The fraction of sp³-hybridized carbons (Fsp3) is 0.318. The molecule has 152 valence electrons. The second kappa shape index (κ2) is 7.39. The van der Waals surface area contributed by atoms with Crippen LogP contribution in [0.1, 0.15) is 11.1 Å². The van der Waals surface area contributed by atoms with Gasteiger partial charge in [0.15, 0.2) is 0 Å². The first-order valence-corrected chi connectivity index (χ1v) is 11.1. The molecule has 1 fully saturated rings. The van der Waals surface area contributed by atoms with E-state index < -0.39 is 15.7 Å². The second-order valence-electron chi connectivity index (χ2n) is 7.67. The maximum atomic E-state index is 14.1. The minimum atomic E-state index is -3.82. The Morgan fingerprint density at radius 3 is 2.38 bits per heavy atom. The molecule has 7 heteroatoms. The van der Waals surface area contributed by atoms with Crippen LogP contribution in [0, 0.1) is 19.7 Å². The third-order valence-electron chi connectivity index (χ3n) is 5.67. The van der Waals surface area contributed by atoms with Crippen LogP contribution in [-0.4, -0.2) is 51.5 Å². The van der Waals surface area contributed by atoms with Gasteiger partial charge in [-0.2, -0.15) is 0 Å². The number of hydrogen-bond donors (Lipinski definition) is 0. The van der Waals surface area contributed by atoms with E-state index in [0.717, 1.165) is 24.2 Å². The summed E-state index contributed by atoms with van der Waals surface area (Å²) in [7, 11) is -1.78. The van der Waals surface area contributed by atoms with Crippen molar-refractivity contribution in [3.63, 3.8) is 0 Å². The molecule has 0 unspecified atom stereocenters. The first kappa shape index (κ1) is 19.8. The third kappa shape index (κ3) is 3.60. The number of aromatic nitrogens is 1. The Morgan fingerprint density at radius 2 is 1.69 bits per heavy atom. The summed E-state index contributed by atoms with van der Waals surface area (Å²) in [5.74, 6) is -0.407. The summed E-state index contributed by atoms with van der Waals surface area (Å²) >= 11 is 0. The predicted molar refractivity (Wildman–Crippen MR) is 113 cm³/mol. The van der Waals surface area contributed by atoms with Crippen LogP contribution in [0.5, 0.6) is 0 Å². The van der Waals surface area contributed by atoms with Gasteiger partial charge in [0.05, 0.1) is 16.1 Å². The second-order valence-corrected chi connectivity index (χ2v) is 9.59. The number of piperazine rings is 1. The van der Waals surface area contributed by atoms with Crippen LogP contribution in [-0.2, 0) is 9.84 Å². The van der Waals surface area contributed by atoms with Gasteiger partial charge >= 0.3 is 0 Å². The molecule has 1 aromatic heterocycles. The Hall–Kier alpha value is -2.51. The lowest BCUT2D eigenvalue weighted by Gasteiger charge is -2.35. The summed E-state index contributed by atoms with van der Waals surface area (Å²) in [6, 6.07) is 9.45.